The second kappa shape index (κ2) is 11.6. The van der Waals surface area contributed by atoms with Gasteiger partial charge < -0.3 is 19.5 Å². The van der Waals surface area contributed by atoms with Gasteiger partial charge in [0.2, 0.25) is 0 Å². The Morgan fingerprint density at radius 3 is 2.66 bits per heavy atom. The normalized spacial score (nSPS) is 15.2. The summed E-state index contributed by atoms with van der Waals surface area (Å²) in [5, 5.41) is 8.16. The van der Waals surface area contributed by atoms with Crippen molar-refractivity contribution in [2.45, 2.75) is 26.9 Å². The Hall–Kier alpha value is -1.52. The van der Waals surface area contributed by atoms with E-state index in [-0.39, 0.29) is 24.0 Å². The van der Waals surface area contributed by atoms with E-state index in [4.69, 9.17) is 25.9 Å². The maximum Gasteiger partial charge on any atom is 0.194 e. The molecule has 1 aliphatic heterocycles. The highest BCUT2D eigenvalue weighted by Crippen LogP contribution is 2.23. The van der Waals surface area contributed by atoms with E-state index in [0.717, 1.165) is 68.0 Å². The summed E-state index contributed by atoms with van der Waals surface area (Å²) in [6, 6.07) is 7.65. The van der Waals surface area contributed by atoms with Crippen molar-refractivity contribution in [2.24, 2.45) is 4.99 Å². The van der Waals surface area contributed by atoms with Gasteiger partial charge >= 0.3 is 0 Å². The third-order valence-electron chi connectivity index (χ3n) is 4.72. The summed E-state index contributed by atoms with van der Waals surface area (Å²) in [6.07, 6.45) is 0. The van der Waals surface area contributed by atoms with Gasteiger partial charge in [0, 0.05) is 55.9 Å². The van der Waals surface area contributed by atoms with E-state index in [1.165, 1.54) is 0 Å². The van der Waals surface area contributed by atoms with Gasteiger partial charge in [-0.3, -0.25) is 4.90 Å². The second-order valence-electron chi connectivity index (χ2n) is 6.82. The largest absolute Gasteiger partial charge is 0.496 e. The molecule has 1 N–H and O–H groups in total. The van der Waals surface area contributed by atoms with Crippen molar-refractivity contribution in [1.29, 1.82) is 0 Å². The average molecular weight is 534 g/mol. The molecule has 0 unspecified atom stereocenters. The van der Waals surface area contributed by atoms with Crippen molar-refractivity contribution in [2.75, 3.05) is 39.8 Å². The Morgan fingerprint density at radius 2 is 2.03 bits per heavy atom. The first-order chi connectivity index (χ1) is 13.6. The van der Waals surface area contributed by atoms with E-state index in [1.54, 1.807) is 7.11 Å². The topological polar surface area (TPSA) is 66.1 Å². The predicted octanol–water partition coefficient (Wildman–Crippen LogP) is 3.55. The molecule has 0 amide bonds. The van der Waals surface area contributed by atoms with Crippen LogP contribution in [0.2, 0.25) is 5.02 Å². The minimum atomic E-state index is 0. The highest BCUT2D eigenvalue weighted by Gasteiger charge is 2.20. The van der Waals surface area contributed by atoms with Gasteiger partial charge in [0.05, 0.1) is 19.3 Å². The molecule has 0 bridgehead atoms. The Labute approximate surface area is 194 Å². The first kappa shape index (κ1) is 23.8. The molecule has 3 rings (SSSR count). The number of hydrogen-bond acceptors (Lipinski definition) is 5. The number of ether oxygens (including phenoxy) is 1. The van der Waals surface area contributed by atoms with E-state index in [0.29, 0.717) is 11.6 Å². The number of halogens is 2. The second-order valence-corrected chi connectivity index (χ2v) is 7.25. The molecule has 9 heteroatoms. The molecular weight excluding hydrogens is 505 g/mol. The molecule has 1 fully saturated rings. The maximum atomic E-state index is 6.05. The highest BCUT2D eigenvalue weighted by molar-refractivity contribution is 14.0. The van der Waals surface area contributed by atoms with E-state index in [9.17, 15) is 0 Å². The minimum Gasteiger partial charge on any atom is -0.496 e. The monoisotopic (exact) mass is 533 g/mol. The summed E-state index contributed by atoms with van der Waals surface area (Å²) in [6.45, 7) is 9.95. The number of methoxy groups -OCH3 is 1. The van der Waals surface area contributed by atoms with E-state index in [1.807, 2.05) is 31.2 Å². The third kappa shape index (κ3) is 6.75. The van der Waals surface area contributed by atoms with Crippen LogP contribution in [0.1, 0.15) is 23.9 Å². The molecule has 0 spiro atoms. The van der Waals surface area contributed by atoms with Crippen LogP contribution in [0.4, 0.5) is 0 Å². The van der Waals surface area contributed by atoms with Crippen molar-refractivity contribution in [1.82, 2.24) is 20.3 Å². The number of benzene rings is 1. The van der Waals surface area contributed by atoms with Crippen molar-refractivity contribution >= 4 is 41.5 Å². The van der Waals surface area contributed by atoms with Crippen LogP contribution in [0.3, 0.4) is 0 Å². The summed E-state index contributed by atoms with van der Waals surface area (Å²) in [5.41, 5.74) is 2.00. The summed E-state index contributed by atoms with van der Waals surface area (Å²) in [4.78, 5) is 9.51. The Morgan fingerprint density at radius 1 is 1.28 bits per heavy atom. The Kier molecular flexibility index (Phi) is 9.51. The minimum absolute atomic E-state index is 0. The van der Waals surface area contributed by atoms with Crippen LogP contribution in [0.25, 0.3) is 0 Å². The molecule has 7 nitrogen and oxygen atoms in total. The smallest absolute Gasteiger partial charge is 0.194 e. The number of aliphatic imine (C=N–C) groups is 1. The zero-order valence-electron chi connectivity index (χ0n) is 17.2. The summed E-state index contributed by atoms with van der Waals surface area (Å²) in [5.74, 6) is 2.55. The fraction of sp³-hybridized carbons (Fsp3) is 0.500. The lowest BCUT2D eigenvalue weighted by molar-refractivity contribution is 0.169. The van der Waals surface area contributed by atoms with Crippen molar-refractivity contribution < 1.29 is 9.26 Å². The van der Waals surface area contributed by atoms with Crippen molar-refractivity contribution in [3.8, 4) is 5.75 Å². The van der Waals surface area contributed by atoms with Gasteiger partial charge in [-0.05, 0) is 26.0 Å². The molecule has 29 heavy (non-hydrogen) atoms. The Bertz CT molecular complexity index is 806. The van der Waals surface area contributed by atoms with Crippen LogP contribution in [-0.2, 0) is 13.1 Å². The lowest BCUT2D eigenvalue weighted by atomic mass is 10.2. The van der Waals surface area contributed by atoms with Crippen LogP contribution in [-0.4, -0.2) is 60.7 Å². The van der Waals surface area contributed by atoms with Gasteiger partial charge in [-0.25, -0.2) is 4.99 Å². The molecule has 160 valence electrons. The molecule has 0 radical (unpaired) electrons. The van der Waals surface area contributed by atoms with E-state index < -0.39 is 0 Å². The molecular formula is C20H29ClIN5O2. The van der Waals surface area contributed by atoms with Crippen LogP contribution in [0.5, 0.6) is 5.75 Å². The fourth-order valence-corrected chi connectivity index (χ4v) is 3.44. The molecule has 1 saturated heterocycles. The van der Waals surface area contributed by atoms with Gasteiger partial charge in [-0.1, -0.05) is 22.8 Å². The molecule has 2 aromatic rings. The van der Waals surface area contributed by atoms with Gasteiger partial charge in [-0.15, -0.1) is 24.0 Å². The summed E-state index contributed by atoms with van der Waals surface area (Å²) in [7, 11) is 1.65. The first-order valence-electron chi connectivity index (χ1n) is 9.59. The number of aromatic nitrogens is 1. The SMILES string of the molecule is CCNC(=NCc1ccc(Cl)cc1OC)N1CCN(Cc2cc(C)on2)CC1.I. The summed E-state index contributed by atoms with van der Waals surface area (Å²) >= 11 is 6.05. The molecule has 1 aromatic carbocycles. The van der Waals surface area contributed by atoms with Crippen molar-refractivity contribution in [3.05, 3.63) is 46.3 Å². The molecule has 0 aliphatic carbocycles. The van der Waals surface area contributed by atoms with Gasteiger partial charge in [0.1, 0.15) is 11.5 Å². The lowest BCUT2D eigenvalue weighted by Gasteiger charge is -2.36. The number of rotatable bonds is 6. The first-order valence-corrected chi connectivity index (χ1v) is 9.97. The van der Waals surface area contributed by atoms with Crippen molar-refractivity contribution in [3.63, 3.8) is 0 Å². The molecule has 2 heterocycles. The number of nitrogens with zero attached hydrogens (tertiary/aromatic N) is 4. The van der Waals surface area contributed by atoms with E-state index in [2.05, 4.69) is 27.2 Å². The number of nitrogens with one attached hydrogen (secondary N) is 1. The number of aryl methyl sites for hydroxylation is 1. The van der Waals surface area contributed by atoms with Crippen LogP contribution >= 0.6 is 35.6 Å². The molecule has 1 aliphatic rings. The number of piperazine rings is 1. The Balaban J connectivity index is 0.00000300. The van der Waals surface area contributed by atoms with Crippen LogP contribution in [0.15, 0.2) is 33.8 Å². The number of hydrogen-bond donors (Lipinski definition) is 1. The quantitative estimate of drug-likeness (QED) is 0.348. The standard InChI is InChI=1S/C20H28ClN5O2.HI/c1-4-22-20(23-13-16-5-6-17(21)12-19(16)27-3)26-9-7-25(8-10-26)14-18-11-15(2)28-24-18;/h5-6,11-12H,4,7-10,13-14H2,1-3H3,(H,22,23);1H. The zero-order valence-corrected chi connectivity index (χ0v) is 20.2. The fourth-order valence-electron chi connectivity index (χ4n) is 3.27. The van der Waals surface area contributed by atoms with E-state index >= 15 is 0 Å². The van der Waals surface area contributed by atoms with Crippen LogP contribution < -0.4 is 10.1 Å². The van der Waals surface area contributed by atoms with Crippen LogP contribution in [0, 0.1) is 6.92 Å². The lowest BCUT2D eigenvalue weighted by Crippen LogP contribution is -2.52. The third-order valence-corrected chi connectivity index (χ3v) is 4.95. The van der Waals surface area contributed by atoms with Gasteiger partial charge in [0.25, 0.3) is 0 Å². The van der Waals surface area contributed by atoms with Gasteiger partial charge in [-0.2, -0.15) is 0 Å². The average Bonchev–Trinajstić information content (AvgIpc) is 3.11. The highest BCUT2D eigenvalue weighted by atomic mass is 127. The predicted molar refractivity (Wildman–Crippen MR) is 126 cm³/mol. The zero-order chi connectivity index (χ0) is 19.9. The molecule has 0 saturated carbocycles. The van der Waals surface area contributed by atoms with Gasteiger partial charge in [0.15, 0.2) is 5.96 Å². The molecule has 1 aromatic heterocycles. The number of guanidine groups is 1. The summed E-state index contributed by atoms with van der Waals surface area (Å²) < 4.78 is 10.6. The maximum absolute atomic E-state index is 6.05. The molecule has 0 atom stereocenters.